The van der Waals surface area contributed by atoms with E-state index < -0.39 is 30.7 Å². The Morgan fingerprint density at radius 1 is 1.56 bits per heavy atom. The lowest BCUT2D eigenvalue weighted by Crippen LogP contribution is -2.42. The molecule has 1 N–H and O–H groups in total. The van der Waals surface area contributed by atoms with Crippen LogP contribution in [0.2, 0.25) is 0 Å². The van der Waals surface area contributed by atoms with Crippen molar-refractivity contribution in [3.05, 3.63) is 0 Å². The summed E-state index contributed by atoms with van der Waals surface area (Å²) >= 11 is 0. The van der Waals surface area contributed by atoms with E-state index in [1.54, 1.807) is 6.92 Å². The van der Waals surface area contributed by atoms with Crippen molar-refractivity contribution in [1.82, 2.24) is 4.90 Å². The third-order valence-corrected chi connectivity index (χ3v) is 2.30. The third kappa shape index (κ3) is 4.49. The number of carbonyl (C=O) groups is 1. The van der Waals surface area contributed by atoms with Gasteiger partial charge in [-0.05, 0) is 14.0 Å². The zero-order valence-electron chi connectivity index (χ0n) is 8.95. The Hall–Kier alpha value is -1.29. The maximum absolute atomic E-state index is 12.3. The van der Waals surface area contributed by atoms with Gasteiger partial charge in [-0.15, -0.1) is 0 Å². The molecule has 0 aromatic rings. The highest BCUT2D eigenvalue weighted by atomic mass is 19.4. The van der Waals surface area contributed by atoms with Crippen molar-refractivity contribution < 1.29 is 23.1 Å². The minimum absolute atomic E-state index is 0.0562. The first-order valence-electron chi connectivity index (χ1n) is 4.56. The summed E-state index contributed by atoms with van der Waals surface area (Å²) in [5, 5.41) is 16.8. The molecule has 0 aliphatic heterocycles. The van der Waals surface area contributed by atoms with Crippen molar-refractivity contribution >= 4 is 5.97 Å². The van der Waals surface area contributed by atoms with Gasteiger partial charge in [0.05, 0.1) is 12.5 Å². The minimum Gasteiger partial charge on any atom is -0.481 e. The molecule has 0 radical (unpaired) electrons. The second-order valence-corrected chi connectivity index (χ2v) is 3.58. The number of aliphatic carboxylic acids is 1. The van der Waals surface area contributed by atoms with Gasteiger partial charge in [-0.3, -0.25) is 4.79 Å². The van der Waals surface area contributed by atoms with E-state index in [4.69, 9.17) is 10.4 Å². The molecule has 2 unspecified atom stereocenters. The Morgan fingerprint density at radius 2 is 2.06 bits per heavy atom. The summed E-state index contributed by atoms with van der Waals surface area (Å²) in [4.78, 5) is 11.7. The first kappa shape index (κ1) is 14.7. The van der Waals surface area contributed by atoms with Crippen LogP contribution in [0.1, 0.15) is 13.3 Å². The lowest BCUT2D eigenvalue weighted by atomic mass is 10.1. The normalized spacial score (nSPS) is 15.6. The van der Waals surface area contributed by atoms with E-state index in [0.717, 1.165) is 0 Å². The molecule has 0 spiro atoms. The fourth-order valence-electron chi connectivity index (χ4n) is 1.08. The summed E-state index contributed by atoms with van der Waals surface area (Å²) in [6.07, 6.45) is -4.72. The third-order valence-electron chi connectivity index (χ3n) is 2.30. The molecule has 0 aromatic heterocycles. The Bertz CT molecular complexity index is 285. The molecule has 92 valence electrons. The number of rotatable bonds is 5. The Labute approximate surface area is 91.3 Å². The summed E-state index contributed by atoms with van der Waals surface area (Å²) in [5.41, 5.74) is 0. The minimum atomic E-state index is -4.77. The Morgan fingerprint density at radius 3 is 2.38 bits per heavy atom. The zero-order valence-corrected chi connectivity index (χ0v) is 8.95. The van der Waals surface area contributed by atoms with Gasteiger partial charge in [-0.2, -0.15) is 18.4 Å². The zero-order chi connectivity index (χ0) is 12.9. The number of hydrogen-bond acceptors (Lipinski definition) is 3. The summed E-state index contributed by atoms with van der Waals surface area (Å²) in [6.45, 7) is 0.917. The molecule has 0 fully saturated rings. The highest BCUT2D eigenvalue weighted by Crippen LogP contribution is 2.27. The van der Waals surface area contributed by atoms with Crippen LogP contribution in [0.4, 0.5) is 13.2 Å². The van der Waals surface area contributed by atoms with E-state index in [1.807, 2.05) is 6.07 Å². The van der Waals surface area contributed by atoms with Crippen LogP contribution in [-0.2, 0) is 4.79 Å². The average molecular weight is 238 g/mol. The molecule has 16 heavy (non-hydrogen) atoms. The van der Waals surface area contributed by atoms with Crippen LogP contribution >= 0.6 is 0 Å². The smallest absolute Gasteiger partial charge is 0.403 e. The van der Waals surface area contributed by atoms with Crippen LogP contribution in [-0.4, -0.2) is 41.8 Å². The summed E-state index contributed by atoms with van der Waals surface area (Å²) in [7, 11) is 1.36. The molecule has 4 nitrogen and oxygen atoms in total. The Kier molecular flexibility index (Phi) is 5.24. The number of halogens is 3. The molecule has 2 atom stereocenters. The molecule has 0 bridgehead atoms. The molecular formula is C9H13F3N2O2. The van der Waals surface area contributed by atoms with E-state index in [1.165, 1.54) is 11.9 Å². The van der Waals surface area contributed by atoms with Gasteiger partial charge in [-0.1, -0.05) is 0 Å². The van der Waals surface area contributed by atoms with Gasteiger partial charge < -0.3 is 10.0 Å². The highest BCUT2D eigenvalue weighted by molar-refractivity contribution is 5.71. The number of carboxylic acids is 1. The van der Waals surface area contributed by atoms with Gasteiger partial charge in [-0.25, -0.2) is 0 Å². The van der Waals surface area contributed by atoms with Crippen molar-refractivity contribution in [1.29, 1.82) is 5.26 Å². The lowest BCUT2D eigenvalue weighted by Gasteiger charge is -2.26. The second kappa shape index (κ2) is 5.70. The van der Waals surface area contributed by atoms with Crippen LogP contribution in [0.3, 0.4) is 0 Å². The van der Waals surface area contributed by atoms with Gasteiger partial charge >= 0.3 is 12.1 Å². The predicted molar refractivity (Wildman–Crippen MR) is 49.5 cm³/mol. The van der Waals surface area contributed by atoms with Gasteiger partial charge in [0.15, 0.2) is 5.92 Å². The summed E-state index contributed by atoms with van der Waals surface area (Å²) in [6, 6.07) is 1.41. The lowest BCUT2D eigenvalue weighted by molar-refractivity contribution is -0.196. The standard InChI is InChI=1S/C9H13F3N2O2/c1-6(3-4-13)14(2)5-7(8(15)16)9(10,11)12/h6-7H,3,5H2,1-2H3,(H,15,16). The molecule has 7 heteroatoms. The summed E-state index contributed by atoms with van der Waals surface area (Å²) < 4.78 is 36.9. The van der Waals surface area contributed by atoms with Crippen LogP contribution in [0.15, 0.2) is 0 Å². The molecule has 0 rings (SSSR count). The van der Waals surface area contributed by atoms with E-state index in [2.05, 4.69) is 0 Å². The predicted octanol–water partition coefficient (Wildman–Crippen LogP) is 1.48. The van der Waals surface area contributed by atoms with Crippen molar-refractivity contribution in [3.63, 3.8) is 0 Å². The summed E-state index contributed by atoms with van der Waals surface area (Å²) in [5.74, 6) is -4.32. The Balaban J connectivity index is 4.54. The molecule has 0 amide bonds. The fraction of sp³-hybridized carbons (Fsp3) is 0.778. The van der Waals surface area contributed by atoms with Crippen molar-refractivity contribution in [3.8, 4) is 6.07 Å². The average Bonchev–Trinajstić information content (AvgIpc) is 2.11. The number of nitriles is 1. The molecule has 0 heterocycles. The van der Waals surface area contributed by atoms with Crippen molar-refractivity contribution in [2.75, 3.05) is 13.6 Å². The maximum atomic E-state index is 12.3. The first-order valence-corrected chi connectivity index (χ1v) is 4.56. The van der Waals surface area contributed by atoms with Crippen LogP contribution in [0.25, 0.3) is 0 Å². The topological polar surface area (TPSA) is 64.3 Å². The number of nitrogens with zero attached hydrogens (tertiary/aromatic N) is 2. The molecular weight excluding hydrogens is 225 g/mol. The molecule has 0 saturated heterocycles. The quantitative estimate of drug-likeness (QED) is 0.788. The largest absolute Gasteiger partial charge is 0.481 e. The molecule has 0 saturated carbocycles. The number of alkyl halides is 3. The van der Waals surface area contributed by atoms with Crippen LogP contribution in [0.5, 0.6) is 0 Å². The molecule has 0 aliphatic rings. The maximum Gasteiger partial charge on any atom is 0.403 e. The highest BCUT2D eigenvalue weighted by Gasteiger charge is 2.45. The van der Waals surface area contributed by atoms with Gasteiger partial charge in [0.2, 0.25) is 0 Å². The van der Waals surface area contributed by atoms with E-state index >= 15 is 0 Å². The van der Waals surface area contributed by atoms with Crippen molar-refractivity contribution in [2.24, 2.45) is 5.92 Å². The molecule has 0 aromatic carbocycles. The van der Waals surface area contributed by atoms with Gasteiger partial charge in [0.1, 0.15) is 0 Å². The fourth-order valence-corrected chi connectivity index (χ4v) is 1.08. The SMILES string of the molecule is CC(CC#N)N(C)CC(C(=O)O)C(F)(F)F. The number of carboxylic acid groups (broad SMARTS) is 1. The second-order valence-electron chi connectivity index (χ2n) is 3.58. The monoisotopic (exact) mass is 238 g/mol. The van der Waals surface area contributed by atoms with Gasteiger partial charge in [0, 0.05) is 12.6 Å². The van der Waals surface area contributed by atoms with Gasteiger partial charge in [0.25, 0.3) is 0 Å². The van der Waals surface area contributed by atoms with Crippen LogP contribution < -0.4 is 0 Å². The molecule has 0 aliphatic carbocycles. The van der Waals surface area contributed by atoms with E-state index in [0.29, 0.717) is 0 Å². The van der Waals surface area contributed by atoms with E-state index in [9.17, 15) is 18.0 Å². The van der Waals surface area contributed by atoms with Crippen LogP contribution in [0, 0.1) is 17.2 Å². The van der Waals surface area contributed by atoms with E-state index in [-0.39, 0.29) is 6.42 Å². The first-order chi connectivity index (χ1) is 7.20. The number of hydrogen-bond donors (Lipinski definition) is 1. The van der Waals surface area contributed by atoms with Crippen molar-refractivity contribution in [2.45, 2.75) is 25.6 Å².